The first-order valence-electron chi connectivity index (χ1n) is 8.28. The average molecular weight is 333 g/mol. The molecule has 3 rings (SSSR count). The SMILES string of the molecule is CC1CC(C(=O)Nc2ccnc(OC3CCN(C)C3=O)c2)OC1C. The molecule has 1 aromatic rings. The number of amides is 2. The minimum absolute atomic E-state index is 0.0476. The first kappa shape index (κ1) is 16.7. The molecular weight excluding hydrogens is 310 g/mol. The van der Waals surface area contributed by atoms with Crippen LogP contribution >= 0.6 is 0 Å². The number of rotatable bonds is 4. The van der Waals surface area contributed by atoms with E-state index in [1.807, 2.05) is 6.92 Å². The van der Waals surface area contributed by atoms with Gasteiger partial charge in [-0.15, -0.1) is 0 Å². The van der Waals surface area contributed by atoms with Crippen molar-refractivity contribution in [2.24, 2.45) is 5.92 Å². The number of carbonyl (C=O) groups excluding carboxylic acids is 2. The molecule has 4 unspecified atom stereocenters. The molecule has 0 aromatic carbocycles. The van der Waals surface area contributed by atoms with Gasteiger partial charge in [0, 0.05) is 38.0 Å². The number of aromatic nitrogens is 1. The molecule has 2 aliphatic heterocycles. The zero-order valence-electron chi connectivity index (χ0n) is 14.2. The Balaban J connectivity index is 1.61. The van der Waals surface area contributed by atoms with E-state index in [2.05, 4.69) is 17.2 Å². The zero-order valence-corrected chi connectivity index (χ0v) is 14.2. The lowest BCUT2D eigenvalue weighted by Gasteiger charge is -2.14. The summed E-state index contributed by atoms with van der Waals surface area (Å²) < 4.78 is 11.3. The molecular formula is C17H23N3O4. The summed E-state index contributed by atoms with van der Waals surface area (Å²) in [4.78, 5) is 29.9. The third-order valence-electron chi connectivity index (χ3n) is 4.70. The molecule has 4 atom stereocenters. The minimum Gasteiger partial charge on any atom is -0.464 e. The van der Waals surface area contributed by atoms with Crippen LogP contribution in [0.2, 0.25) is 0 Å². The van der Waals surface area contributed by atoms with Crippen molar-refractivity contribution in [2.45, 2.75) is 45.0 Å². The van der Waals surface area contributed by atoms with Crippen LogP contribution < -0.4 is 10.1 Å². The van der Waals surface area contributed by atoms with Gasteiger partial charge in [0.1, 0.15) is 6.10 Å². The number of pyridine rings is 1. The summed E-state index contributed by atoms with van der Waals surface area (Å²) >= 11 is 0. The molecule has 130 valence electrons. The van der Waals surface area contributed by atoms with E-state index in [0.29, 0.717) is 36.9 Å². The quantitative estimate of drug-likeness (QED) is 0.902. The highest BCUT2D eigenvalue weighted by Crippen LogP contribution is 2.27. The first-order chi connectivity index (χ1) is 11.4. The smallest absolute Gasteiger partial charge is 0.263 e. The molecule has 0 bridgehead atoms. The lowest BCUT2D eigenvalue weighted by atomic mass is 10.0. The van der Waals surface area contributed by atoms with Crippen LogP contribution in [0.5, 0.6) is 5.88 Å². The van der Waals surface area contributed by atoms with Gasteiger partial charge < -0.3 is 19.7 Å². The highest BCUT2D eigenvalue weighted by atomic mass is 16.5. The summed E-state index contributed by atoms with van der Waals surface area (Å²) in [5.74, 6) is 0.478. The maximum atomic E-state index is 12.3. The molecule has 2 saturated heterocycles. The summed E-state index contributed by atoms with van der Waals surface area (Å²) in [5, 5.41) is 2.83. The normalized spacial score (nSPS) is 29.8. The van der Waals surface area contributed by atoms with Crippen molar-refractivity contribution in [1.29, 1.82) is 0 Å². The summed E-state index contributed by atoms with van der Waals surface area (Å²) in [6.45, 7) is 4.73. The van der Waals surface area contributed by atoms with E-state index < -0.39 is 12.2 Å². The third kappa shape index (κ3) is 3.51. The number of carbonyl (C=O) groups is 2. The van der Waals surface area contributed by atoms with Crippen LogP contribution in [0.15, 0.2) is 18.3 Å². The van der Waals surface area contributed by atoms with E-state index in [0.717, 1.165) is 0 Å². The molecule has 3 heterocycles. The molecule has 7 heteroatoms. The standard InChI is InChI=1S/C17H23N3O4/c1-10-8-14(23-11(10)2)16(21)19-12-4-6-18-15(9-12)24-13-5-7-20(3)17(13)22/h4,6,9-11,13-14H,5,7-8H2,1-3H3,(H,18,19,21). The van der Waals surface area contributed by atoms with Gasteiger partial charge in [-0.3, -0.25) is 9.59 Å². The second-order valence-electron chi connectivity index (χ2n) is 6.57. The van der Waals surface area contributed by atoms with Crippen LogP contribution in [0.25, 0.3) is 0 Å². The predicted molar refractivity (Wildman–Crippen MR) is 87.7 cm³/mol. The molecule has 0 aliphatic carbocycles. The topological polar surface area (TPSA) is 80.8 Å². The van der Waals surface area contributed by atoms with E-state index in [9.17, 15) is 9.59 Å². The summed E-state index contributed by atoms with van der Waals surface area (Å²) in [6, 6.07) is 3.32. The van der Waals surface area contributed by atoms with Gasteiger partial charge in [-0.1, -0.05) is 6.92 Å². The van der Waals surface area contributed by atoms with Crippen LogP contribution in [0, 0.1) is 5.92 Å². The fourth-order valence-corrected chi connectivity index (χ4v) is 2.97. The molecule has 0 radical (unpaired) electrons. The maximum absolute atomic E-state index is 12.3. The minimum atomic E-state index is -0.506. The Hall–Kier alpha value is -2.15. The second-order valence-corrected chi connectivity index (χ2v) is 6.57. The number of ether oxygens (including phenoxy) is 2. The molecule has 2 fully saturated rings. The number of nitrogens with one attached hydrogen (secondary N) is 1. The third-order valence-corrected chi connectivity index (χ3v) is 4.70. The van der Waals surface area contributed by atoms with Gasteiger partial charge in [-0.05, 0) is 25.3 Å². The van der Waals surface area contributed by atoms with E-state index in [-0.39, 0.29) is 17.9 Å². The van der Waals surface area contributed by atoms with Crippen molar-refractivity contribution in [2.75, 3.05) is 18.9 Å². The molecule has 0 spiro atoms. The monoisotopic (exact) mass is 333 g/mol. The van der Waals surface area contributed by atoms with Crippen molar-refractivity contribution in [3.8, 4) is 5.88 Å². The Morgan fingerprint density at radius 3 is 2.88 bits per heavy atom. The number of anilines is 1. The highest BCUT2D eigenvalue weighted by molar-refractivity contribution is 5.94. The van der Waals surface area contributed by atoms with Crippen molar-refractivity contribution < 1.29 is 19.1 Å². The second kappa shape index (κ2) is 6.76. The summed E-state index contributed by atoms with van der Waals surface area (Å²) in [6.07, 6.45) is 2.05. The molecule has 2 amide bonds. The number of nitrogens with zero attached hydrogens (tertiary/aromatic N) is 2. The molecule has 7 nitrogen and oxygen atoms in total. The Bertz CT molecular complexity index is 626. The van der Waals surface area contributed by atoms with Crippen LogP contribution in [0.3, 0.4) is 0 Å². The predicted octanol–water partition coefficient (Wildman–Crippen LogP) is 1.44. The van der Waals surface area contributed by atoms with Gasteiger partial charge in [0.15, 0.2) is 6.10 Å². The van der Waals surface area contributed by atoms with E-state index >= 15 is 0 Å². The van der Waals surface area contributed by atoms with E-state index in [1.54, 1.807) is 30.3 Å². The Kier molecular flexibility index (Phi) is 4.71. The van der Waals surface area contributed by atoms with Gasteiger partial charge in [-0.2, -0.15) is 0 Å². The highest BCUT2D eigenvalue weighted by Gasteiger charge is 2.34. The number of likely N-dealkylation sites (tertiary alicyclic amines) is 1. The molecule has 0 saturated carbocycles. The molecule has 1 aromatic heterocycles. The van der Waals surface area contributed by atoms with Crippen LogP contribution in [-0.2, 0) is 14.3 Å². The maximum Gasteiger partial charge on any atom is 0.263 e. The van der Waals surface area contributed by atoms with Crippen LogP contribution in [0.1, 0.15) is 26.7 Å². The van der Waals surface area contributed by atoms with E-state index in [4.69, 9.17) is 9.47 Å². The summed E-state index contributed by atoms with van der Waals surface area (Å²) in [7, 11) is 1.75. The lowest BCUT2D eigenvalue weighted by Crippen LogP contribution is -2.30. The van der Waals surface area contributed by atoms with E-state index in [1.165, 1.54) is 0 Å². The van der Waals surface area contributed by atoms with Gasteiger partial charge in [-0.25, -0.2) is 4.98 Å². The molecule has 24 heavy (non-hydrogen) atoms. The zero-order chi connectivity index (χ0) is 17.3. The van der Waals surface area contributed by atoms with Crippen molar-refractivity contribution in [3.05, 3.63) is 18.3 Å². The molecule has 1 N–H and O–H groups in total. The molecule has 2 aliphatic rings. The van der Waals surface area contributed by atoms with Crippen molar-refractivity contribution in [1.82, 2.24) is 9.88 Å². The fourth-order valence-electron chi connectivity index (χ4n) is 2.97. The average Bonchev–Trinajstić information content (AvgIpc) is 3.05. The van der Waals surface area contributed by atoms with Crippen LogP contribution in [0.4, 0.5) is 5.69 Å². The largest absolute Gasteiger partial charge is 0.464 e. The fraction of sp³-hybridized carbons (Fsp3) is 0.588. The van der Waals surface area contributed by atoms with Gasteiger partial charge in [0.05, 0.1) is 6.10 Å². The number of likely N-dealkylation sites (N-methyl/N-ethyl adjacent to an activating group) is 1. The van der Waals surface area contributed by atoms with Crippen molar-refractivity contribution in [3.63, 3.8) is 0 Å². The Labute approximate surface area is 141 Å². The van der Waals surface area contributed by atoms with Crippen molar-refractivity contribution >= 4 is 17.5 Å². The van der Waals surface area contributed by atoms with Gasteiger partial charge in [0.2, 0.25) is 5.88 Å². The number of hydrogen-bond donors (Lipinski definition) is 1. The first-order valence-corrected chi connectivity index (χ1v) is 8.28. The van der Waals surface area contributed by atoms with Gasteiger partial charge >= 0.3 is 0 Å². The van der Waals surface area contributed by atoms with Gasteiger partial charge in [0.25, 0.3) is 11.8 Å². The lowest BCUT2D eigenvalue weighted by molar-refractivity contribution is -0.132. The van der Waals surface area contributed by atoms with Crippen LogP contribution in [-0.4, -0.2) is 53.6 Å². The number of hydrogen-bond acceptors (Lipinski definition) is 5. The Morgan fingerprint density at radius 1 is 1.46 bits per heavy atom. The summed E-state index contributed by atoms with van der Waals surface area (Å²) in [5.41, 5.74) is 0.583. The Morgan fingerprint density at radius 2 is 2.25 bits per heavy atom.